The standard InChI is InChI=1S/C21H22N2O3/c24-18-6-3-5-14(11-18)16-8-9-23(13-16)20(25)12-17-10-15-4-1-2-7-19(15)22-21(17)26/h1-7,11,16-17,24H,8-10,12-13H2,(H,22,26). The van der Waals surface area contributed by atoms with E-state index in [0.717, 1.165) is 23.2 Å². The van der Waals surface area contributed by atoms with Crippen molar-refractivity contribution in [1.29, 1.82) is 0 Å². The molecule has 4 rings (SSSR count). The van der Waals surface area contributed by atoms with Gasteiger partial charge in [0.25, 0.3) is 0 Å². The minimum atomic E-state index is -0.308. The first-order valence-electron chi connectivity index (χ1n) is 9.05. The number of hydrogen-bond acceptors (Lipinski definition) is 3. The molecule has 2 unspecified atom stereocenters. The van der Waals surface area contributed by atoms with Crippen LogP contribution in [0.2, 0.25) is 0 Å². The molecule has 2 amide bonds. The number of rotatable bonds is 3. The van der Waals surface area contributed by atoms with Gasteiger partial charge >= 0.3 is 0 Å². The molecule has 2 atom stereocenters. The number of anilines is 1. The van der Waals surface area contributed by atoms with Crippen LogP contribution in [0.4, 0.5) is 5.69 Å². The lowest BCUT2D eigenvalue weighted by molar-refractivity contribution is -0.134. The number of carbonyl (C=O) groups is 2. The molecule has 134 valence electrons. The summed E-state index contributed by atoms with van der Waals surface area (Å²) < 4.78 is 0. The van der Waals surface area contributed by atoms with Crippen LogP contribution >= 0.6 is 0 Å². The topological polar surface area (TPSA) is 69.6 Å². The summed E-state index contributed by atoms with van der Waals surface area (Å²) in [6, 6.07) is 15.0. The van der Waals surface area contributed by atoms with Crippen molar-refractivity contribution in [3.05, 3.63) is 59.7 Å². The first kappa shape index (κ1) is 16.6. The molecule has 0 radical (unpaired) electrons. The van der Waals surface area contributed by atoms with Gasteiger partial charge in [-0.05, 0) is 42.2 Å². The predicted molar refractivity (Wildman–Crippen MR) is 98.9 cm³/mol. The Morgan fingerprint density at radius 2 is 2.04 bits per heavy atom. The van der Waals surface area contributed by atoms with Gasteiger partial charge in [-0.1, -0.05) is 30.3 Å². The number of phenols is 1. The van der Waals surface area contributed by atoms with Crippen LogP contribution in [0.15, 0.2) is 48.5 Å². The van der Waals surface area contributed by atoms with E-state index in [2.05, 4.69) is 5.32 Å². The normalized spacial score (nSPS) is 22.0. The van der Waals surface area contributed by atoms with E-state index in [1.807, 2.05) is 41.3 Å². The van der Waals surface area contributed by atoms with E-state index in [0.29, 0.717) is 19.5 Å². The molecule has 0 aromatic heterocycles. The lowest BCUT2D eigenvalue weighted by Gasteiger charge is -2.26. The number of nitrogens with zero attached hydrogens (tertiary/aromatic N) is 1. The van der Waals surface area contributed by atoms with E-state index in [9.17, 15) is 14.7 Å². The molecule has 2 heterocycles. The highest BCUT2D eigenvalue weighted by molar-refractivity contribution is 5.98. The van der Waals surface area contributed by atoms with Gasteiger partial charge in [-0.2, -0.15) is 0 Å². The lowest BCUT2D eigenvalue weighted by atomic mass is 9.90. The van der Waals surface area contributed by atoms with Crippen LogP contribution in [0, 0.1) is 5.92 Å². The first-order valence-corrected chi connectivity index (χ1v) is 9.05. The molecular weight excluding hydrogens is 328 g/mol. The Labute approximate surface area is 152 Å². The third-order valence-corrected chi connectivity index (χ3v) is 5.42. The molecule has 2 aliphatic rings. The van der Waals surface area contributed by atoms with Gasteiger partial charge in [0.05, 0.1) is 5.92 Å². The molecule has 0 saturated carbocycles. The number of nitrogens with one attached hydrogen (secondary N) is 1. The Morgan fingerprint density at radius 3 is 2.88 bits per heavy atom. The molecule has 1 fully saturated rings. The summed E-state index contributed by atoms with van der Waals surface area (Å²) in [7, 11) is 0. The largest absolute Gasteiger partial charge is 0.508 e. The van der Waals surface area contributed by atoms with Crippen LogP contribution in [0.1, 0.15) is 29.9 Å². The molecule has 2 aromatic rings. The van der Waals surface area contributed by atoms with E-state index >= 15 is 0 Å². The van der Waals surface area contributed by atoms with Gasteiger partial charge in [0.2, 0.25) is 11.8 Å². The second-order valence-corrected chi connectivity index (χ2v) is 7.17. The average Bonchev–Trinajstić information content (AvgIpc) is 3.13. The third-order valence-electron chi connectivity index (χ3n) is 5.42. The summed E-state index contributed by atoms with van der Waals surface area (Å²) in [5.74, 6) is 0.155. The van der Waals surface area contributed by atoms with Crippen molar-refractivity contribution >= 4 is 17.5 Å². The molecule has 2 aliphatic heterocycles. The van der Waals surface area contributed by atoms with Gasteiger partial charge < -0.3 is 15.3 Å². The molecule has 2 N–H and O–H groups in total. The molecular formula is C21H22N2O3. The summed E-state index contributed by atoms with van der Waals surface area (Å²) in [6.07, 6.45) is 1.74. The highest BCUT2D eigenvalue weighted by Gasteiger charge is 2.32. The van der Waals surface area contributed by atoms with Gasteiger partial charge in [0, 0.05) is 31.1 Å². The quantitative estimate of drug-likeness (QED) is 0.894. The molecule has 5 heteroatoms. The van der Waals surface area contributed by atoms with Crippen LogP contribution in [0.25, 0.3) is 0 Å². The number of para-hydroxylation sites is 1. The molecule has 1 saturated heterocycles. The number of aromatic hydroxyl groups is 1. The molecule has 2 aromatic carbocycles. The number of benzene rings is 2. The van der Waals surface area contributed by atoms with Gasteiger partial charge in [-0.25, -0.2) is 0 Å². The third kappa shape index (κ3) is 3.29. The van der Waals surface area contributed by atoms with E-state index < -0.39 is 0 Å². The first-order chi connectivity index (χ1) is 12.6. The van der Waals surface area contributed by atoms with Crippen molar-refractivity contribution < 1.29 is 14.7 Å². The summed E-state index contributed by atoms with van der Waals surface area (Å²) in [5, 5.41) is 12.6. The minimum Gasteiger partial charge on any atom is -0.508 e. The van der Waals surface area contributed by atoms with Crippen molar-refractivity contribution in [3.63, 3.8) is 0 Å². The van der Waals surface area contributed by atoms with E-state index in [1.54, 1.807) is 12.1 Å². The number of likely N-dealkylation sites (tertiary alicyclic amines) is 1. The van der Waals surface area contributed by atoms with E-state index in [-0.39, 0.29) is 35.8 Å². The maximum absolute atomic E-state index is 12.7. The SMILES string of the molecule is O=C1Nc2ccccc2CC1CC(=O)N1CCC(c2cccc(O)c2)C1. The molecule has 0 spiro atoms. The Morgan fingerprint density at radius 1 is 1.19 bits per heavy atom. The fourth-order valence-corrected chi connectivity index (χ4v) is 3.96. The monoisotopic (exact) mass is 350 g/mol. The summed E-state index contributed by atoms with van der Waals surface area (Å²) >= 11 is 0. The zero-order valence-corrected chi connectivity index (χ0v) is 14.5. The Balaban J connectivity index is 1.39. The number of phenolic OH excluding ortho intramolecular Hbond substituents is 1. The smallest absolute Gasteiger partial charge is 0.228 e. The Hall–Kier alpha value is -2.82. The molecule has 26 heavy (non-hydrogen) atoms. The minimum absolute atomic E-state index is 0.0344. The van der Waals surface area contributed by atoms with E-state index in [4.69, 9.17) is 0 Å². The average molecular weight is 350 g/mol. The predicted octanol–water partition coefficient (Wildman–Crippen LogP) is 2.91. The highest BCUT2D eigenvalue weighted by Crippen LogP contribution is 2.31. The van der Waals surface area contributed by atoms with Crippen molar-refractivity contribution in [2.75, 3.05) is 18.4 Å². The maximum Gasteiger partial charge on any atom is 0.228 e. The Kier molecular flexibility index (Phi) is 4.37. The van der Waals surface area contributed by atoms with Crippen LogP contribution in [-0.4, -0.2) is 34.9 Å². The zero-order chi connectivity index (χ0) is 18.1. The maximum atomic E-state index is 12.7. The van der Waals surface area contributed by atoms with Crippen LogP contribution < -0.4 is 5.32 Å². The van der Waals surface area contributed by atoms with Crippen molar-refractivity contribution in [2.45, 2.75) is 25.2 Å². The molecule has 5 nitrogen and oxygen atoms in total. The number of fused-ring (bicyclic) bond motifs is 1. The van der Waals surface area contributed by atoms with Gasteiger partial charge in [0.1, 0.15) is 5.75 Å². The van der Waals surface area contributed by atoms with Crippen molar-refractivity contribution in [2.24, 2.45) is 5.92 Å². The summed E-state index contributed by atoms with van der Waals surface area (Å²) in [6.45, 7) is 1.34. The van der Waals surface area contributed by atoms with E-state index in [1.165, 1.54) is 0 Å². The van der Waals surface area contributed by atoms with Crippen molar-refractivity contribution in [1.82, 2.24) is 4.90 Å². The number of hydrogen-bond donors (Lipinski definition) is 2. The van der Waals surface area contributed by atoms with Crippen LogP contribution in [0.5, 0.6) is 5.75 Å². The Bertz CT molecular complexity index is 849. The van der Waals surface area contributed by atoms with Gasteiger partial charge in [0.15, 0.2) is 0 Å². The van der Waals surface area contributed by atoms with Crippen molar-refractivity contribution in [3.8, 4) is 5.75 Å². The molecule has 0 bridgehead atoms. The van der Waals surface area contributed by atoms with Crippen LogP contribution in [-0.2, 0) is 16.0 Å². The number of carbonyl (C=O) groups excluding carboxylic acids is 2. The fourth-order valence-electron chi connectivity index (χ4n) is 3.96. The van der Waals surface area contributed by atoms with Gasteiger partial charge in [-0.15, -0.1) is 0 Å². The summed E-state index contributed by atoms with van der Waals surface area (Å²) in [5.41, 5.74) is 3.00. The van der Waals surface area contributed by atoms with Crippen LogP contribution in [0.3, 0.4) is 0 Å². The zero-order valence-electron chi connectivity index (χ0n) is 14.5. The number of amides is 2. The lowest BCUT2D eigenvalue weighted by Crippen LogP contribution is -2.36. The fraction of sp³-hybridized carbons (Fsp3) is 0.333. The van der Waals surface area contributed by atoms with Gasteiger partial charge in [-0.3, -0.25) is 9.59 Å². The highest BCUT2D eigenvalue weighted by atomic mass is 16.3. The second kappa shape index (κ2) is 6.83. The second-order valence-electron chi connectivity index (χ2n) is 7.17. The molecule has 0 aliphatic carbocycles. The summed E-state index contributed by atoms with van der Waals surface area (Å²) in [4.78, 5) is 26.9.